The first kappa shape index (κ1) is 103. The van der Waals surface area contributed by atoms with Crippen molar-refractivity contribution in [3.63, 3.8) is 0 Å². The number of aromatic amines is 3. The number of pyridine rings is 1. The first-order chi connectivity index (χ1) is 64.1. The number of anilines is 6. The quantitative estimate of drug-likeness (QED) is 0.0400. The van der Waals surface area contributed by atoms with Crippen molar-refractivity contribution in [1.29, 1.82) is 0 Å². The zero-order chi connectivity index (χ0) is 95.3. The van der Waals surface area contributed by atoms with Gasteiger partial charge in [0.2, 0.25) is 11.9 Å². The first-order valence-electron chi connectivity index (χ1n) is 39.1. The van der Waals surface area contributed by atoms with Gasteiger partial charge in [0.15, 0.2) is 118 Å². The number of hydrogen-bond acceptors (Lipinski definition) is 51. The van der Waals surface area contributed by atoms with Crippen molar-refractivity contribution in [2.75, 3.05) is 81.0 Å². The molecule has 0 saturated carbocycles. The van der Waals surface area contributed by atoms with Crippen molar-refractivity contribution >= 4 is 156 Å². The van der Waals surface area contributed by atoms with Crippen molar-refractivity contribution in [3.8, 4) is 0 Å². The number of nitrogen functional groups attached to an aromatic ring is 6. The summed E-state index contributed by atoms with van der Waals surface area (Å²) in [4.78, 5) is 138. The van der Waals surface area contributed by atoms with Gasteiger partial charge in [-0.05, 0) is 0 Å². The molecule has 9 aliphatic heterocycles. The normalized spacial score (nSPS) is 34.2. The fourth-order valence-corrected chi connectivity index (χ4v) is 21.9. The van der Waals surface area contributed by atoms with Crippen LogP contribution in [0.2, 0.25) is 0 Å². The molecule has 21 rings (SSSR count). The minimum atomic E-state index is -5.40. The Balaban J connectivity index is 0.000000148. The molecule has 138 heavy (non-hydrogen) atoms. The van der Waals surface area contributed by atoms with Crippen LogP contribution in [0.25, 0.3) is 66.9 Å². The molecule has 0 spiro atoms. The third-order valence-corrected chi connectivity index (χ3v) is 28.1. The minimum Gasteiger partial charge on any atom is -0.756 e. The average Bonchev–Trinajstić information content (AvgIpc) is 1.61. The number of aromatic nitrogens is 23. The Bertz CT molecular complexity index is 7380. The maximum absolute atomic E-state index is 15.9. The fourth-order valence-electron chi connectivity index (χ4n) is 16.2. The van der Waals surface area contributed by atoms with E-state index in [1.165, 1.54) is 41.3 Å². The van der Waals surface area contributed by atoms with Gasteiger partial charge in [-0.25, -0.2) is 85.7 Å². The Morgan fingerprint density at radius 2 is 0.739 bits per heavy atom. The number of alkyl halides is 4. The summed E-state index contributed by atoms with van der Waals surface area (Å²) >= 11 is 0. The van der Waals surface area contributed by atoms with Gasteiger partial charge in [-0.15, -0.1) is 0 Å². The van der Waals surface area contributed by atoms with Gasteiger partial charge in [-0.2, -0.15) is 49.4 Å². The zero-order valence-electron chi connectivity index (χ0n) is 70.6. The Labute approximate surface area is 831 Å². The number of fused-ring (bicyclic) bond motifs is 12. The van der Waals surface area contributed by atoms with Gasteiger partial charge >= 0.3 is 120 Å². The molecular formula is C62H68F4N32Na3O31P3S3. The van der Waals surface area contributed by atoms with E-state index < -0.39 is 252 Å². The van der Waals surface area contributed by atoms with Crippen LogP contribution in [0, 0.1) is 0 Å². The van der Waals surface area contributed by atoms with E-state index in [4.69, 9.17) is 107 Å². The second-order valence-electron chi connectivity index (χ2n) is 30.5. The van der Waals surface area contributed by atoms with E-state index in [9.17, 15) is 68.0 Å². The number of nitrogens with zero attached hydrogens (tertiary/aromatic N) is 20. The van der Waals surface area contributed by atoms with Gasteiger partial charge in [-0.3, -0.25) is 65.1 Å². The number of phosphoric acid groups is 3. The van der Waals surface area contributed by atoms with Gasteiger partial charge in [0.1, 0.15) is 127 Å². The number of ether oxygens (including phenoxy) is 7. The first-order valence-corrected chi connectivity index (χ1v) is 47.7. The molecule has 0 amide bonds. The number of methoxy groups -OCH3 is 1. The predicted octanol–water partition coefficient (Wildman–Crippen LogP) is -15.6. The van der Waals surface area contributed by atoms with Crippen molar-refractivity contribution in [2.24, 2.45) is 0 Å². The molecule has 3 unspecified atom stereocenters. The summed E-state index contributed by atoms with van der Waals surface area (Å²) in [5.74, 6) is -0.528. The van der Waals surface area contributed by atoms with Crippen LogP contribution in [0.3, 0.4) is 0 Å². The van der Waals surface area contributed by atoms with Crippen LogP contribution in [0.5, 0.6) is 0 Å². The van der Waals surface area contributed by atoms with Gasteiger partial charge in [-0.1, -0.05) is 0 Å². The smallest absolute Gasteiger partial charge is 0.756 e. The molecule has 21 heterocycles. The van der Waals surface area contributed by atoms with Gasteiger partial charge in [0, 0.05) is 39.2 Å². The van der Waals surface area contributed by atoms with Crippen LogP contribution in [-0.2, 0) is 117 Å². The average molecular weight is 2090 g/mol. The van der Waals surface area contributed by atoms with Crippen molar-refractivity contribution in [3.05, 3.63) is 94.1 Å². The van der Waals surface area contributed by atoms with Crippen LogP contribution in [0.1, 0.15) is 43.8 Å². The molecule has 0 bridgehead atoms. The topological polar surface area (TPSA) is 871 Å². The second kappa shape index (κ2) is 39.6. The Hall–Kier alpha value is -8.05. The molecule has 9 fully saturated rings. The summed E-state index contributed by atoms with van der Waals surface area (Å²) in [6.45, 7) is -4.78. The van der Waals surface area contributed by atoms with E-state index >= 15 is 17.6 Å². The molecule has 12 aromatic heterocycles. The van der Waals surface area contributed by atoms with Crippen LogP contribution in [0.4, 0.5) is 52.7 Å². The van der Waals surface area contributed by atoms with E-state index in [0.717, 1.165) is 56.2 Å². The molecule has 726 valence electrons. The van der Waals surface area contributed by atoms with E-state index in [2.05, 4.69) is 94.2 Å². The fraction of sp³-hybridized carbons (Fsp3) is 0.500. The van der Waals surface area contributed by atoms with Crippen LogP contribution < -0.4 is 169 Å². The number of rotatable bonds is 7. The molecule has 0 aliphatic carbocycles. The molecule has 26 atom stereocenters. The predicted molar refractivity (Wildman–Crippen MR) is 428 cm³/mol. The minimum absolute atomic E-state index is 0. The number of phosphoric ester groups is 3. The molecule has 63 nitrogen and oxygen atoms in total. The number of nitrogens with one attached hydrogen (secondary N) is 6. The summed E-state index contributed by atoms with van der Waals surface area (Å²) in [7, 11) is -28.9. The third kappa shape index (κ3) is 20.1. The van der Waals surface area contributed by atoms with E-state index in [1.807, 2.05) is 4.72 Å². The molecule has 9 saturated heterocycles. The summed E-state index contributed by atoms with van der Waals surface area (Å²) in [6, 6.07) is 1.27. The number of imidazole rings is 6. The summed E-state index contributed by atoms with van der Waals surface area (Å²) < 4.78 is 280. The standard InChI is InChI=1S/C21H23F2N10O10PS.C21H25FN11O11PS.C20H23FN11O10PS.3Na/c22-11-15-8(40-21(11)33-6-29-14-17(25)26-4-27-18(14)33)2-30-45(37,38)43-16-9(3-39-44(35,36)42-15)41-20(12(16)23)32-5-28-13-7(32)1-10(24)31-19(13)34;1-39-14-13-8(42-20(14)33-6-28-11-17(33)30-21(24)31-18(11)34)3-40-45(35,36)43-12-7(2-29-46(37,38)44-13)41-19(9(12)22)32-5-27-10-15(23)25-4-26-16(10)32;21-11-14-8(40-19(11)32-6-26-12-15(22)24-4-25-16(12)32)2-28-44(36,37)42-7-1-10(39-9(7)3-38-43(34,35)41-14)31-5-27-13-17(31)29-20(23)30-18(13)33;;;/h1,4-6,8-9,11-12,15-16,20-21,30H,2-3H2,(H,35,36)(H3,24,31,34)(H2,25,26,27);4-9,12-14,19-20,29H,2-3H2,1H3,(H,35,36)(H2,23,25,26)(H3,24,30,31,34);4-11,14,19,28H,1-3H2,(H,34,35)(H2,22,24,25)(H3,23,29,30,33);;;/q;;;3*+1/p-3/t8-,9-,11-,12+,15-,16-,20-,21-;7-,8-,9-,12-,13-,14-,19-,20-;7-,8+,9+,10+,11+,14+,19+;;;/m110.../s1. The van der Waals surface area contributed by atoms with E-state index in [0.29, 0.717) is 0 Å². The SMILES string of the molecule is CO[C@@H]1[C@@H]2OS(=O)(=O)NC[C@H]3O[C@@H](n4cnc5c(N)ncnc54)[C@H](F)[C@@H]3OP(=O)([O-])OC[C@H]2O[C@H]1n1cnc2c(=O)[nH]c(N)nc21.Nc1cc2c(ncn2[C@@H]2O[C@@H]3COP(=O)([O-])O[C@H]4[C@@H](F)[C@H](n5cnc6c(N)ncnc65)O[C@@H]4CNS(=O)(=O)O[C@H]3[C@@H]2F)c(=O)[nH]1.Nc1nc2c(ncn2[C@H]2C[C@@H]3OS(=O)(=O)NC[C@H]4O[C@@H](n5cnc6c(N)ncnc65)[C@H](F)[C@@H]4OP(=O)([O-])OC[C@H]3O2)c(=O)[nH]1.[Na+].[Na+].[Na+]. The van der Waals surface area contributed by atoms with Crippen molar-refractivity contribution < 1.29 is 233 Å². The molecule has 0 aromatic carbocycles. The van der Waals surface area contributed by atoms with Gasteiger partial charge in [0.25, 0.3) is 40.1 Å². The Kier molecular flexibility index (Phi) is 29.5. The molecule has 9 aliphatic rings. The van der Waals surface area contributed by atoms with Crippen molar-refractivity contribution in [2.45, 2.75) is 148 Å². The number of nitrogens with two attached hydrogens (primary N) is 6. The largest absolute Gasteiger partial charge is 1.00 e. The Morgan fingerprint density at radius 1 is 0.399 bits per heavy atom. The van der Waals surface area contributed by atoms with Crippen LogP contribution >= 0.6 is 23.5 Å². The molecule has 18 N–H and O–H groups in total. The summed E-state index contributed by atoms with van der Waals surface area (Å²) in [6.07, 6.45) is -28.2. The zero-order valence-corrected chi connectivity index (χ0v) is 81.8. The van der Waals surface area contributed by atoms with Gasteiger partial charge < -0.3 is 119 Å². The van der Waals surface area contributed by atoms with Gasteiger partial charge in [0.05, 0.1) is 63.3 Å². The van der Waals surface area contributed by atoms with E-state index in [-0.39, 0.29) is 197 Å². The maximum Gasteiger partial charge on any atom is 1.00 e. The Morgan fingerprint density at radius 3 is 1.18 bits per heavy atom. The molecular weight excluding hydrogens is 2020 g/mol. The maximum atomic E-state index is 15.9. The summed E-state index contributed by atoms with van der Waals surface area (Å²) in [5.41, 5.74) is 32.7. The number of hydrogen-bond donors (Lipinski definition) is 12. The third-order valence-electron chi connectivity index (χ3n) is 22.2. The van der Waals surface area contributed by atoms with Crippen LogP contribution in [-0.4, -0.2) is 288 Å². The van der Waals surface area contributed by atoms with Crippen molar-refractivity contribution in [1.82, 2.24) is 126 Å². The monoisotopic (exact) mass is 2090 g/mol. The van der Waals surface area contributed by atoms with Crippen LogP contribution in [0.15, 0.2) is 77.4 Å². The molecule has 0 radical (unpaired) electrons. The summed E-state index contributed by atoms with van der Waals surface area (Å²) in [5, 5.41) is 0. The number of halogens is 4. The second-order valence-corrected chi connectivity index (χ2v) is 38.8. The molecule has 76 heteroatoms. The molecule has 12 aromatic rings. The number of H-pyrrole nitrogens is 3. The van der Waals surface area contributed by atoms with E-state index in [1.54, 1.807) is 0 Å².